The average Bonchev–Trinajstić information content (AvgIpc) is 3.33. The lowest BCUT2D eigenvalue weighted by Crippen LogP contribution is -2.48. The van der Waals surface area contributed by atoms with Crippen LogP contribution in [0.25, 0.3) is 16.8 Å². The third-order valence-corrected chi connectivity index (χ3v) is 5.85. The normalized spacial score (nSPS) is 14.4. The van der Waals surface area contributed by atoms with E-state index in [0.29, 0.717) is 49.8 Å². The van der Waals surface area contributed by atoms with E-state index in [2.05, 4.69) is 32.6 Å². The fourth-order valence-corrected chi connectivity index (χ4v) is 4.04. The van der Waals surface area contributed by atoms with Gasteiger partial charge in [-0.15, -0.1) is 5.10 Å². The highest BCUT2D eigenvalue weighted by molar-refractivity contribution is 5.94. The van der Waals surface area contributed by atoms with Crippen molar-refractivity contribution in [3.8, 4) is 16.8 Å². The van der Waals surface area contributed by atoms with Gasteiger partial charge in [-0.05, 0) is 51.9 Å². The number of carbonyl (C=O) groups excluding carboxylic acids is 1. The van der Waals surface area contributed by atoms with Crippen molar-refractivity contribution in [3.05, 3.63) is 96.1 Å². The first-order valence-electron chi connectivity index (χ1n) is 10.9. The number of tetrazole rings is 1. The lowest BCUT2D eigenvalue weighted by atomic mass is 10.0. The van der Waals surface area contributed by atoms with E-state index < -0.39 is 0 Å². The van der Waals surface area contributed by atoms with Crippen molar-refractivity contribution in [1.82, 2.24) is 30.0 Å². The summed E-state index contributed by atoms with van der Waals surface area (Å²) in [5.41, 5.74) is 3.50. The Balaban J connectivity index is 1.20. The minimum absolute atomic E-state index is 0.0406. The number of carbonyl (C=O) groups is 1. The van der Waals surface area contributed by atoms with E-state index in [0.717, 1.165) is 11.1 Å². The molecule has 0 spiro atoms. The van der Waals surface area contributed by atoms with Gasteiger partial charge in [0.2, 0.25) is 0 Å². The molecule has 3 aromatic carbocycles. The van der Waals surface area contributed by atoms with Crippen LogP contribution in [0, 0.1) is 5.82 Å². The quantitative estimate of drug-likeness (QED) is 0.474. The number of benzene rings is 3. The number of hydrogen-bond acceptors (Lipinski definition) is 5. The maximum Gasteiger partial charge on any atom is 0.253 e. The lowest BCUT2D eigenvalue weighted by Gasteiger charge is -2.34. The van der Waals surface area contributed by atoms with Crippen molar-refractivity contribution in [3.63, 3.8) is 0 Å². The molecule has 1 fully saturated rings. The standard InChI is InChI=1S/C25H23FN6O/c26-22-7-4-8-23(17-22)32-24(27-28-29-32)18-30-13-15-31(16-14-30)25(33)21-11-9-20(10-12-21)19-5-2-1-3-6-19/h1-12,17H,13-16,18H2. The largest absolute Gasteiger partial charge is 0.336 e. The van der Waals surface area contributed by atoms with E-state index in [1.54, 1.807) is 16.8 Å². The van der Waals surface area contributed by atoms with Crippen molar-refractivity contribution in [2.45, 2.75) is 6.54 Å². The van der Waals surface area contributed by atoms with Crippen LogP contribution in [-0.2, 0) is 6.54 Å². The lowest BCUT2D eigenvalue weighted by molar-refractivity contribution is 0.0624. The number of halogens is 1. The second-order valence-electron chi connectivity index (χ2n) is 8.00. The Bertz CT molecular complexity index is 1230. The Morgan fingerprint density at radius 1 is 0.848 bits per heavy atom. The molecule has 1 amide bonds. The minimum Gasteiger partial charge on any atom is -0.336 e. The van der Waals surface area contributed by atoms with Gasteiger partial charge in [-0.3, -0.25) is 9.69 Å². The molecule has 1 aromatic heterocycles. The maximum absolute atomic E-state index is 13.6. The molecule has 0 atom stereocenters. The van der Waals surface area contributed by atoms with E-state index >= 15 is 0 Å². The minimum atomic E-state index is -0.335. The van der Waals surface area contributed by atoms with Gasteiger partial charge in [0, 0.05) is 31.7 Å². The molecule has 7 nitrogen and oxygen atoms in total. The molecule has 5 rings (SSSR count). The molecule has 0 saturated carbocycles. The summed E-state index contributed by atoms with van der Waals surface area (Å²) in [5.74, 6) is 0.341. The Morgan fingerprint density at radius 3 is 2.30 bits per heavy atom. The molecule has 4 aromatic rings. The summed E-state index contributed by atoms with van der Waals surface area (Å²) in [4.78, 5) is 17.1. The highest BCUT2D eigenvalue weighted by Crippen LogP contribution is 2.20. The molecule has 8 heteroatoms. The topological polar surface area (TPSA) is 67.2 Å². The molecular weight excluding hydrogens is 419 g/mol. The Hall–Kier alpha value is -3.91. The van der Waals surface area contributed by atoms with Gasteiger partial charge in [0.25, 0.3) is 5.91 Å². The molecule has 0 bridgehead atoms. The van der Waals surface area contributed by atoms with E-state index in [9.17, 15) is 9.18 Å². The summed E-state index contributed by atoms with van der Waals surface area (Å²) in [6, 6.07) is 24.1. The fraction of sp³-hybridized carbons (Fsp3) is 0.200. The van der Waals surface area contributed by atoms with Crippen molar-refractivity contribution < 1.29 is 9.18 Å². The molecule has 1 aliphatic heterocycles. The van der Waals surface area contributed by atoms with Gasteiger partial charge in [0.05, 0.1) is 12.2 Å². The van der Waals surface area contributed by atoms with Crippen LogP contribution in [-0.4, -0.2) is 62.1 Å². The van der Waals surface area contributed by atoms with Crippen LogP contribution in [0.1, 0.15) is 16.2 Å². The summed E-state index contributed by atoms with van der Waals surface area (Å²) < 4.78 is 15.1. The number of hydrogen-bond donors (Lipinski definition) is 0. The third-order valence-electron chi connectivity index (χ3n) is 5.85. The van der Waals surface area contributed by atoms with Crippen LogP contribution >= 0.6 is 0 Å². The number of rotatable bonds is 5. The molecule has 0 N–H and O–H groups in total. The zero-order chi connectivity index (χ0) is 22.6. The molecule has 166 valence electrons. The first kappa shape index (κ1) is 21.0. The van der Waals surface area contributed by atoms with E-state index in [-0.39, 0.29) is 11.7 Å². The van der Waals surface area contributed by atoms with Crippen molar-refractivity contribution >= 4 is 5.91 Å². The van der Waals surface area contributed by atoms with Crippen molar-refractivity contribution in [2.75, 3.05) is 26.2 Å². The van der Waals surface area contributed by atoms with Crippen molar-refractivity contribution in [2.24, 2.45) is 0 Å². The van der Waals surface area contributed by atoms with Gasteiger partial charge in [-0.25, -0.2) is 4.39 Å². The monoisotopic (exact) mass is 442 g/mol. The summed E-state index contributed by atoms with van der Waals surface area (Å²) >= 11 is 0. The molecule has 0 aliphatic carbocycles. The zero-order valence-corrected chi connectivity index (χ0v) is 18.0. The van der Waals surface area contributed by atoms with Crippen LogP contribution in [0.2, 0.25) is 0 Å². The zero-order valence-electron chi connectivity index (χ0n) is 18.0. The second kappa shape index (κ2) is 9.30. The predicted molar refractivity (Wildman–Crippen MR) is 122 cm³/mol. The fourth-order valence-electron chi connectivity index (χ4n) is 4.04. The molecule has 0 unspecified atom stereocenters. The summed E-state index contributed by atoms with van der Waals surface area (Å²) in [5, 5.41) is 11.9. The number of amides is 1. The Morgan fingerprint density at radius 2 is 1.58 bits per heavy atom. The van der Waals surface area contributed by atoms with E-state index in [4.69, 9.17) is 0 Å². The molecule has 0 radical (unpaired) electrons. The Labute approximate surface area is 191 Å². The first-order valence-corrected chi connectivity index (χ1v) is 10.9. The number of aromatic nitrogens is 4. The van der Waals surface area contributed by atoms with Crippen LogP contribution in [0.3, 0.4) is 0 Å². The Kier molecular flexibility index (Phi) is 5.91. The van der Waals surface area contributed by atoms with Crippen LogP contribution in [0.15, 0.2) is 78.9 Å². The molecule has 2 heterocycles. The first-order chi connectivity index (χ1) is 16.2. The van der Waals surface area contributed by atoms with Gasteiger partial charge in [0.1, 0.15) is 5.82 Å². The highest BCUT2D eigenvalue weighted by atomic mass is 19.1. The van der Waals surface area contributed by atoms with Crippen molar-refractivity contribution in [1.29, 1.82) is 0 Å². The second-order valence-corrected chi connectivity index (χ2v) is 8.00. The summed E-state index contributed by atoms with van der Waals surface area (Å²) in [7, 11) is 0. The van der Waals surface area contributed by atoms with E-state index in [1.165, 1.54) is 12.1 Å². The summed E-state index contributed by atoms with van der Waals surface area (Å²) in [6.07, 6.45) is 0. The van der Waals surface area contributed by atoms with Crippen LogP contribution < -0.4 is 0 Å². The molecular formula is C25H23FN6O. The molecule has 1 saturated heterocycles. The number of nitrogens with zero attached hydrogens (tertiary/aromatic N) is 6. The van der Waals surface area contributed by atoms with Crippen LogP contribution in [0.4, 0.5) is 4.39 Å². The maximum atomic E-state index is 13.6. The van der Waals surface area contributed by atoms with Crippen LogP contribution in [0.5, 0.6) is 0 Å². The highest BCUT2D eigenvalue weighted by Gasteiger charge is 2.23. The van der Waals surface area contributed by atoms with E-state index in [1.807, 2.05) is 47.4 Å². The average molecular weight is 442 g/mol. The molecule has 33 heavy (non-hydrogen) atoms. The third kappa shape index (κ3) is 4.65. The van der Waals surface area contributed by atoms with Gasteiger partial charge in [-0.2, -0.15) is 4.68 Å². The number of piperazine rings is 1. The molecule has 1 aliphatic rings. The predicted octanol–water partition coefficient (Wildman–Crippen LogP) is 3.43. The summed E-state index contributed by atoms with van der Waals surface area (Å²) in [6.45, 7) is 3.20. The van der Waals surface area contributed by atoms with Gasteiger partial charge >= 0.3 is 0 Å². The van der Waals surface area contributed by atoms with Gasteiger partial charge in [-0.1, -0.05) is 48.5 Å². The van der Waals surface area contributed by atoms with Gasteiger partial charge in [0.15, 0.2) is 5.82 Å². The SMILES string of the molecule is O=C(c1ccc(-c2ccccc2)cc1)N1CCN(Cc2nnnn2-c2cccc(F)c2)CC1. The smallest absolute Gasteiger partial charge is 0.253 e. The van der Waals surface area contributed by atoms with Gasteiger partial charge < -0.3 is 4.90 Å².